The fourth-order valence-corrected chi connectivity index (χ4v) is 2.71. The first-order valence-electron chi connectivity index (χ1n) is 6.08. The second kappa shape index (κ2) is 5.17. The van der Waals surface area contributed by atoms with Gasteiger partial charge in [-0.05, 0) is 38.0 Å². The first kappa shape index (κ1) is 13.2. The van der Waals surface area contributed by atoms with Crippen LogP contribution in [0.1, 0.15) is 25.3 Å². The van der Waals surface area contributed by atoms with E-state index in [9.17, 15) is 0 Å². The molecule has 4 heteroatoms. The summed E-state index contributed by atoms with van der Waals surface area (Å²) in [5.41, 5.74) is 1.46. The minimum absolute atomic E-state index is 0.116. The lowest BCUT2D eigenvalue weighted by Crippen LogP contribution is -2.47. The number of nitriles is 1. The predicted molar refractivity (Wildman–Crippen MR) is 73.0 cm³/mol. The molecule has 2 rings (SSSR count). The molecule has 96 valence electrons. The van der Waals surface area contributed by atoms with Gasteiger partial charge in [0.05, 0.1) is 27.9 Å². The van der Waals surface area contributed by atoms with Crippen LogP contribution < -0.4 is 4.90 Å². The van der Waals surface area contributed by atoms with Gasteiger partial charge in [-0.15, -0.1) is 0 Å². The van der Waals surface area contributed by atoms with E-state index in [-0.39, 0.29) is 5.60 Å². The molecule has 1 atom stereocenters. The molecule has 1 aliphatic heterocycles. The lowest BCUT2D eigenvalue weighted by atomic mass is 9.94. The van der Waals surface area contributed by atoms with Crippen LogP contribution in [-0.4, -0.2) is 25.8 Å². The van der Waals surface area contributed by atoms with Crippen LogP contribution in [0.3, 0.4) is 0 Å². The van der Waals surface area contributed by atoms with Gasteiger partial charge in [0.15, 0.2) is 0 Å². The predicted octanol–water partition coefficient (Wildman–Crippen LogP) is 3.22. The Bertz CT molecular complexity index is 483. The molecule has 0 radical (unpaired) electrons. The van der Waals surface area contributed by atoms with E-state index in [4.69, 9.17) is 21.6 Å². The van der Waals surface area contributed by atoms with E-state index in [0.29, 0.717) is 10.6 Å². The summed E-state index contributed by atoms with van der Waals surface area (Å²) >= 11 is 6.24. The SMILES string of the molecule is COC1(C)CCCN(c2ccc(C#N)cc2Cl)C1. The summed E-state index contributed by atoms with van der Waals surface area (Å²) in [5, 5.41) is 9.48. The molecule has 0 spiro atoms. The number of hydrogen-bond donors (Lipinski definition) is 0. The lowest BCUT2D eigenvalue weighted by molar-refractivity contribution is -0.00464. The number of nitrogens with zero attached hydrogens (tertiary/aromatic N) is 2. The molecule has 1 aromatic rings. The van der Waals surface area contributed by atoms with E-state index in [1.165, 1.54) is 0 Å². The first-order chi connectivity index (χ1) is 8.58. The van der Waals surface area contributed by atoms with Gasteiger partial charge < -0.3 is 9.64 Å². The quantitative estimate of drug-likeness (QED) is 0.823. The molecule has 0 aromatic heterocycles. The van der Waals surface area contributed by atoms with Crippen molar-refractivity contribution in [3.63, 3.8) is 0 Å². The molecule has 0 bridgehead atoms. The maximum atomic E-state index is 8.84. The Morgan fingerprint density at radius 3 is 2.89 bits per heavy atom. The lowest BCUT2D eigenvalue weighted by Gasteiger charge is -2.41. The van der Waals surface area contributed by atoms with Crippen LogP contribution in [0.2, 0.25) is 5.02 Å². The normalized spacial score (nSPS) is 23.8. The van der Waals surface area contributed by atoms with Gasteiger partial charge >= 0.3 is 0 Å². The van der Waals surface area contributed by atoms with E-state index in [2.05, 4.69) is 17.9 Å². The maximum absolute atomic E-state index is 8.84. The number of benzene rings is 1. The van der Waals surface area contributed by atoms with E-state index < -0.39 is 0 Å². The van der Waals surface area contributed by atoms with Gasteiger partial charge in [0.2, 0.25) is 0 Å². The van der Waals surface area contributed by atoms with Gasteiger partial charge in [0, 0.05) is 20.2 Å². The maximum Gasteiger partial charge on any atom is 0.0992 e. The fraction of sp³-hybridized carbons (Fsp3) is 0.500. The summed E-state index contributed by atoms with van der Waals surface area (Å²) in [5.74, 6) is 0. The average Bonchev–Trinajstić information content (AvgIpc) is 2.38. The van der Waals surface area contributed by atoms with Crippen molar-refractivity contribution in [3.8, 4) is 6.07 Å². The van der Waals surface area contributed by atoms with Crippen LogP contribution in [-0.2, 0) is 4.74 Å². The molecule has 1 saturated heterocycles. The standard InChI is InChI=1S/C14H17ClN2O/c1-14(18-2)6-3-7-17(10-14)13-5-4-11(9-16)8-12(13)15/h4-5,8H,3,6-7,10H2,1-2H3. The van der Waals surface area contributed by atoms with Gasteiger partial charge in [-0.3, -0.25) is 0 Å². The summed E-state index contributed by atoms with van der Waals surface area (Å²) in [6.07, 6.45) is 2.15. The zero-order valence-corrected chi connectivity index (χ0v) is 11.5. The number of halogens is 1. The Morgan fingerprint density at radius 2 is 2.28 bits per heavy atom. The van der Waals surface area contributed by atoms with Crippen molar-refractivity contribution in [1.29, 1.82) is 5.26 Å². The third-order valence-electron chi connectivity index (χ3n) is 3.57. The minimum atomic E-state index is -0.116. The van der Waals surface area contributed by atoms with Gasteiger partial charge in [0.1, 0.15) is 0 Å². The molecule has 0 N–H and O–H groups in total. The summed E-state index contributed by atoms with van der Waals surface area (Å²) in [6.45, 7) is 3.93. The van der Waals surface area contributed by atoms with Gasteiger partial charge in [-0.25, -0.2) is 0 Å². The van der Waals surface area contributed by atoms with Gasteiger partial charge in [0.25, 0.3) is 0 Å². The Balaban J connectivity index is 2.24. The zero-order chi connectivity index (χ0) is 13.2. The molecular formula is C14H17ClN2O. The smallest absolute Gasteiger partial charge is 0.0992 e. The van der Waals surface area contributed by atoms with Crippen molar-refractivity contribution in [2.45, 2.75) is 25.4 Å². The van der Waals surface area contributed by atoms with E-state index in [1.54, 1.807) is 19.2 Å². The van der Waals surface area contributed by atoms with Crippen molar-refractivity contribution >= 4 is 17.3 Å². The number of hydrogen-bond acceptors (Lipinski definition) is 3. The second-order valence-electron chi connectivity index (χ2n) is 4.96. The van der Waals surface area contributed by atoms with Gasteiger partial charge in [-0.2, -0.15) is 5.26 Å². The average molecular weight is 265 g/mol. The van der Waals surface area contributed by atoms with Crippen molar-refractivity contribution in [3.05, 3.63) is 28.8 Å². The molecule has 0 amide bonds. The van der Waals surface area contributed by atoms with Crippen LogP contribution in [0.25, 0.3) is 0 Å². The molecule has 1 aromatic carbocycles. The van der Waals surface area contributed by atoms with Gasteiger partial charge in [-0.1, -0.05) is 11.6 Å². The molecule has 1 fully saturated rings. The van der Waals surface area contributed by atoms with Crippen molar-refractivity contribution in [2.24, 2.45) is 0 Å². The number of piperidine rings is 1. The Kier molecular flexibility index (Phi) is 3.79. The van der Waals surface area contributed by atoms with Crippen LogP contribution in [0.5, 0.6) is 0 Å². The molecule has 18 heavy (non-hydrogen) atoms. The number of ether oxygens (including phenoxy) is 1. The Morgan fingerprint density at radius 1 is 1.50 bits per heavy atom. The van der Waals surface area contributed by atoms with Crippen LogP contribution in [0.4, 0.5) is 5.69 Å². The van der Waals surface area contributed by atoms with Crippen molar-refractivity contribution < 1.29 is 4.74 Å². The number of anilines is 1. The molecule has 0 aliphatic carbocycles. The highest BCUT2D eigenvalue weighted by atomic mass is 35.5. The summed E-state index contributed by atoms with van der Waals surface area (Å²) in [6, 6.07) is 7.54. The van der Waals surface area contributed by atoms with Crippen molar-refractivity contribution in [2.75, 3.05) is 25.1 Å². The number of rotatable bonds is 2. The fourth-order valence-electron chi connectivity index (χ4n) is 2.41. The summed E-state index contributed by atoms with van der Waals surface area (Å²) in [7, 11) is 1.75. The molecule has 1 heterocycles. The van der Waals surface area contributed by atoms with Crippen molar-refractivity contribution in [1.82, 2.24) is 0 Å². The summed E-state index contributed by atoms with van der Waals surface area (Å²) < 4.78 is 5.58. The van der Waals surface area contributed by atoms with E-state index in [1.807, 2.05) is 6.07 Å². The zero-order valence-electron chi connectivity index (χ0n) is 10.7. The van der Waals surface area contributed by atoms with Crippen LogP contribution >= 0.6 is 11.6 Å². The Labute approximate surface area is 113 Å². The first-order valence-corrected chi connectivity index (χ1v) is 6.45. The second-order valence-corrected chi connectivity index (χ2v) is 5.36. The highest BCUT2D eigenvalue weighted by Gasteiger charge is 2.31. The topological polar surface area (TPSA) is 36.3 Å². The van der Waals surface area contributed by atoms with E-state index >= 15 is 0 Å². The third kappa shape index (κ3) is 2.60. The molecular weight excluding hydrogens is 248 g/mol. The molecule has 0 saturated carbocycles. The highest BCUT2D eigenvalue weighted by molar-refractivity contribution is 6.33. The van der Waals surface area contributed by atoms with Crippen LogP contribution in [0.15, 0.2) is 18.2 Å². The Hall–Kier alpha value is -1.24. The highest BCUT2D eigenvalue weighted by Crippen LogP contribution is 2.32. The van der Waals surface area contributed by atoms with Crippen LogP contribution in [0, 0.1) is 11.3 Å². The number of methoxy groups -OCH3 is 1. The van der Waals surface area contributed by atoms with E-state index in [0.717, 1.165) is 31.6 Å². The molecule has 1 unspecified atom stereocenters. The molecule has 3 nitrogen and oxygen atoms in total. The summed E-state index contributed by atoms with van der Waals surface area (Å²) in [4.78, 5) is 2.23. The minimum Gasteiger partial charge on any atom is -0.377 e. The molecule has 1 aliphatic rings. The monoisotopic (exact) mass is 264 g/mol. The third-order valence-corrected chi connectivity index (χ3v) is 3.87. The largest absolute Gasteiger partial charge is 0.377 e.